The number of aromatic nitrogens is 1. The molecule has 70 heavy (non-hydrogen) atoms. The monoisotopic (exact) mass is 894 g/mol. The van der Waals surface area contributed by atoms with Crippen LogP contribution in [0, 0.1) is 52.3 Å². The molecular formula is C67H51BN2. The summed E-state index contributed by atoms with van der Waals surface area (Å²) in [7, 11) is 0. The molecule has 4 heterocycles. The van der Waals surface area contributed by atoms with Crippen molar-refractivity contribution >= 4 is 67.4 Å². The van der Waals surface area contributed by atoms with E-state index in [4.69, 9.17) is 0 Å². The molecule has 21 rings (SSSR count). The Morgan fingerprint density at radius 3 is 2.03 bits per heavy atom. The first-order valence-corrected chi connectivity index (χ1v) is 27.5. The van der Waals surface area contributed by atoms with Gasteiger partial charge in [0.2, 0.25) is 0 Å². The maximum atomic E-state index is 2.91. The van der Waals surface area contributed by atoms with Crippen molar-refractivity contribution in [2.45, 2.75) is 74.5 Å². The van der Waals surface area contributed by atoms with Crippen molar-refractivity contribution in [1.29, 1.82) is 0 Å². The van der Waals surface area contributed by atoms with Gasteiger partial charge in [-0.25, -0.2) is 0 Å². The van der Waals surface area contributed by atoms with Gasteiger partial charge in [0.05, 0.1) is 16.8 Å². The van der Waals surface area contributed by atoms with E-state index in [1.54, 1.807) is 11.1 Å². The van der Waals surface area contributed by atoms with E-state index in [1.165, 1.54) is 163 Å². The number of hydrogen-bond donors (Lipinski definition) is 0. The first kappa shape index (κ1) is 35.7. The summed E-state index contributed by atoms with van der Waals surface area (Å²) in [5.41, 5.74) is 25.8. The van der Waals surface area contributed by atoms with Crippen molar-refractivity contribution < 1.29 is 0 Å². The normalized spacial score (nSPS) is 34.6. The molecule has 332 valence electrons. The molecule has 12 aliphatic rings. The molecular weight excluding hydrogens is 844 g/mol. The lowest BCUT2D eigenvalue weighted by Gasteiger charge is -2.66. The molecule has 2 nitrogen and oxygen atoms in total. The largest absolute Gasteiger partial charge is 0.375 e. The number of anilines is 3. The van der Waals surface area contributed by atoms with Gasteiger partial charge in [0.15, 0.2) is 0 Å². The Kier molecular flexibility index (Phi) is 5.58. The molecule has 8 saturated carbocycles. The van der Waals surface area contributed by atoms with Crippen LogP contribution in [-0.2, 0) is 10.8 Å². The Hall–Kier alpha value is -6.32. The number of rotatable bonds is 2. The van der Waals surface area contributed by atoms with Crippen LogP contribution in [0.5, 0.6) is 0 Å². The van der Waals surface area contributed by atoms with E-state index in [0.29, 0.717) is 22.2 Å². The van der Waals surface area contributed by atoms with Crippen molar-refractivity contribution in [3.8, 4) is 22.3 Å². The molecule has 0 saturated heterocycles. The lowest BCUT2D eigenvalue weighted by atomic mass is 9.38. The topological polar surface area (TPSA) is 8.17 Å². The Labute approximate surface area is 408 Å². The highest BCUT2D eigenvalue weighted by molar-refractivity contribution is 6.90. The lowest BCUT2D eigenvalue weighted by Crippen LogP contribution is -2.59. The summed E-state index contributed by atoms with van der Waals surface area (Å²) >= 11 is 0. The van der Waals surface area contributed by atoms with E-state index >= 15 is 0 Å². The van der Waals surface area contributed by atoms with Crippen LogP contribution in [0.3, 0.4) is 0 Å². The fourth-order valence-electron chi connectivity index (χ4n) is 22.2. The highest BCUT2D eigenvalue weighted by Gasteiger charge is 2.78. The van der Waals surface area contributed by atoms with E-state index in [2.05, 4.69) is 161 Å². The summed E-state index contributed by atoms with van der Waals surface area (Å²) in [4.78, 5) is 2.77. The highest BCUT2D eigenvalue weighted by Crippen LogP contribution is 2.86. The van der Waals surface area contributed by atoms with Gasteiger partial charge in [-0.3, -0.25) is 0 Å². The summed E-state index contributed by atoms with van der Waals surface area (Å²) in [5, 5.41) is 5.75. The second-order valence-corrected chi connectivity index (χ2v) is 25.6. The Morgan fingerprint density at radius 1 is 0.500 bits per heavy atom. The van der Waals surface area contributed by atoms with Crippen LogP contribution in [0.15, 0.2) is 152 Å². The molecule has 9 aromatic rings. The number of benzene rings is 8. The zero-order valence-electron chi connectivity index (χ0n) is 39.4. The SMILES string of the molecule is c1ccc2c(c1)-c1ccccc1C21c2ccccc2N2c3c(cccc31)B1c3c(cc4ccccc4c32)-c2cc(C3CC45C6CC3C4CC5C6)cc3c4cc(C56CC7CC8CC(C5)C87C6)ccc4n1c23. The molecule has 0 N–H and O–H groups in total. The number of para-hydroxylation sites is 2. The van der Waals surface area contributed by atoms with Crippen molar-refractivity contribution in [1.82, 2.24) is 4.48 Å². The molecule has 8 aromatic carbocycles. The molecule has 4 bridgehead atoms. The molecule has 0 amide bonds. The average Bonchev–Trinajstić information content (AvgIpc) is 4.18. The molecule has 3 aliphatic heterocycles. The van der Waals surface area contributed by atoms with Gasteiger partial charge in [-0.1, -0.05) is 115 Å². The van der Waals surface area contributed by atoms with Gasteiger partial charge in [-0.2, -0.15) is 0 Å². The van der Waals surface area contributed by atoms with Crippen LogP contribution < -0.4 is 15.8 Å². The van der Waals surface area contributed by atoms with E-state index in [0.717, 1.165) is 41.4 Å². The predicted octanol–water partition coefficient (Wildman–Crippen LogP) is 14.3. The van der Waals surface area contributed by atoms with Crippen LogP contribution in [0.2, 0.25) is 0 Å². The zero-order chi connectivity index (χ0) is 44.5. The van der Waals surface area contributed by atoms with Gasteiger partial charge in [-0.15, -0.1) is 0 Å². The smallest absolute Gasteiger partial charge is 0.333 e. The zero-order valence-corrected chi connectivity index (χ0v) is 39.4. The summed E-state index contributed by atoms with van der Waals surface area (Å²) in [6.45, 7) is 0.0195. The van der Waals surface area contributed by atoms with Gasteiger partial charge < -0.3 is 9.38 Å². The first-order chi connectivity index (χ1) is 34.6. The average molecular weight is 895 g/mol. The maximum absolute atomic E-state index is 2.91. The number of nitrogens with zero attached hydrogens (tertiary/aromatic N) is 2. The first-order valence-electron chi connectivity index (χ1n) is 27.5. The summed E-state index contributed by atoms with van der Waals surface area (Å²) in [5.74, 6) is 7.53. The molecule has 0 radical (unpaired) electrons. The minimum absolute atomic E-state index is 0.0195. The molecule has 3 spiro atoms. The molecule has 9 aliphatic carbocycles. The standard InChI is InChI=1S/C67H51BN2/c1-2-11-43-35(10-1)22-48-50-24-36(51-33-65-39-25-40(65)30-56(65)46(51)29-39)23-49-47-28-37(64-31-41-26-38-27-42(32-64)66(38,41)34-64)20-21-58(47)70(61(49)50)68-57-18-9-17-55-63(57)69(62(43)60(48)68)59-19-8-7-16-54(59)67(55)52-14-5-3-12-44(52)45-13-4-6-15-53(45)67/h1-24,28,38-42,46,51,56H,25-27,29-34H2. The van der Waals surface area contributed by atoms with Gasteiger partial charge in [-0.05, 0) is 224 Å². The van der Waals surface area contributed by atoms with E-state index in [9.17, 15) is 0 Å². The van der Waals surface area contributed by atoms with Crippen LogP contribution >= 0.6 is 0 Å². The van der Waals surface area contributed by atoms with Gasteiger partial charge in [0.1, 0.15) is 0 Å². The van der Waals surface area contributed by atoms with E-state index in [1.807, 2.05) is 0 Å². The van der Waals surface area contributed by atoms with E-state index < -0.39 is 5.41 Å². The molecule has 3 heteroatoms. The van der Waals surface area contributed by atoms with Crippen LogP contribution in [0.25, 0.3) is 54.8 Å². The molecule has 8 fully saturated rings. The Morgan fingerprint density at radius 2 is 1.23 bits per heavy atom. The Bertz CT molecular complexity index is 4020. The number of fused-ring (bicyclic) bond motifs is 19. The second-order valence-electron chi connectivity index (χ2n) is 25.6. The minimum atomic E-state index is -0.458. The third kappa shape index (κ3) is 3.37. The Balaban J connectivity index is 0.893. The summed E-state index contributed by atoms with van der Waals surface area (Å²) in [6.07, 6.45) is 13.3. The summed E-state index contributed by atoms with van der Waals surface area (Å²) in [6, 6.07) is 61.4. The number of hydrogen-bond acceptors (Lipinski definition) is 1. The van der Waals surface area contributed by atoms with E-state index in [-0.39, 0.29) is 6.85 Å². The third-order valence-corrected chi connectivity index (χ3v) is 24.4. The third-order valence-electron chi connectivity index (χ3n) is 24.4. The van der Waals surface area contributed by atoms with Crippen molar-refractivity contribution in [3.63, 3.8) is 0 Å². The van der Waals surface area contributed by atoms with Crippen LogP contribution in [0.1, 0.15) is 97.1 Å². The van der Waals surface area contributed by atoms with Crippen molar-refractivity contribution in [2.24, 2.45) is 52.3 Å². The van der Waals surface area contributed by atoms with Gasteiger partial charge in [0.25, 0.3) is 0 Å². The minimum Gasteiger partial charge on any atom is -0.375 e. The fraction of sp³-hybridized carbons (Fsp3) is 0.313. The second kappa shape index (κ2) is 10.9. The van der Waals surface area contributed by atoms with Crippen LogP contribution in [0.4, 0.5) is 17.1 Å². The predicted molar refractivity (Wildman–Crippen MR) is 284 cm³/mol. The highest BCUT2D eigenvalue weighted by atomic mass is 15.2. The lowest BCUT2D eigenvalue weighted by molar-refractivity contribution is -0.175. The molecule has 1 aromatic heterocycles. The molecule has 8 unspecified atom stereocenters. The van der Waals surface area contributed by atoms with Crippen molar-refractivity contribution in [3.05, 3.63) is 185 Å². The van der Waals surface area contributed by atoms with Gasteiger partial charge >= 0.3 is 6.85 Å². The quantitative estimate of drug-likeness (QED) is 0.157. The van der Waals surface area contributed by atoms with Crippen molar-refractivity contribution in [2.75, 3.05) is 4.90 Å². The molecule has 8 atom stereocenters. The maximum Gasteiger partial charge on any atom is 0.333 e. The summed E-state index contributed by atoms with van der Waals surface area (Å²) < 4.78 is 2.91. The fourth-order valence-corrected chi connectivity index (χ4v) is 22.2. The van der Waals surface area contributed by atoms with Crippen LogP contribution in [-0.4, -0.2) is 11.3 Å². The van der Waals surface area contributed by atoms with Gasteiger partial charge in [0, 0.05) is 38.4 Å².